The Labute approximate surface area is 413 Å². The standard InChI is InChI=1S/C51H59BrN4O14/c1-49-15-14-33(58)17-31(49)8-11-35-36-18-41-51(40(60)23-57,37(36)19-39(59)45(35)49)70-47(69-41)30-6-2-28(3-7-30)16-34-20-50(27-68-34)25-56(26-50)48(66)67-24-29-4-9-32(10-5-29)54-46(65)38(12-13-44(63)64)55-43(62)22-53-42(61)21-52/h2-7,9-10,14-15,17,34-39,41,45,47,57,59H,8,11-13,16,18-27H2,1H3,(H,53,61)(H,54,65)(H,55,62)(H,63,64)/t34?,35-,36-,37?,38-,39-,41+,45+,47+,49-,51+/m0/s1. The molecule has 3 saturated carbocycles. The molecule has 2 aromatic rings. The largest absolute Gasteiger partial charge is 0.481 e. The number of alkyl halides is 1. The molecule has 9 rings (SSSR count). The van der Waals surface area contributed by atoms with Gasteiger partial charge in [-0.3, -0.25) is 28.8 Å². The first-order valence-electron chi connectivity index (χ1n) is 24.0. The van der Waals surface area contributed by atoms with Crippen molar-refractivity contribution in [3.05, 3.63) is 89.0 Å². The van der Waals surface area contributed by atoms with Crippen molar-refractivity contribution < 1.29 is 67.8 Å². The number of ketones is 2. The van der Waals surface area contributed by atoms with E-state index in [4.69, 9.17) is 24.1 Å². The Morgan fingerprint density at radius 1 is 0.986 bits per heavy atom. The van der Waals surface area contributed by atoms with Gasteiger partial charge in [0, 0.05) is 53.4 Å². The minimum absolute atomic E-state index is 0.00631. The number of aliphatic hydroxyl groups is 2. The fourth-order valence-electron chi connectivity index (χ4n) is 12.7. The van der Waals surface area contributed by atoms with E-state index in [-0.39, 0.29) is 72.3 Å². The molecule has 4 amide bonds. The number of halogens is 1. The number of hydrogen-bond acceptors (Lipinski definition) is 13. The van der Waals surface area contributed by atoms with Gasteiger partial charge in [-0.2, -0.15) is 0 Å². The van der Waals surface area contributed by atoms with Gasteiger partial charge in [-0.15, -0.1) is 0 Å². The fourth-order valence-corrected chi connectivity index (χ4v) is 12.9. The average molecular weight is 1030 g/mol. The van der Waals surface area contributed by atoms with Crippen molar-refractivity contribution in [3.63, 3.8) is 0 Å². The molecule has 3 aliphatic heterocycles. The monoisotopic (exact) mass is 1030 g/mol. The van der Waals surface area contributed by atoms with Crippen LogP contribution in [0.25, 0.3) is 0 Å². The number of amides is 4. The predicted molar refractivity (Wildman–Crippen MR) is 252 cm³/mol. The first-order chi connectivity index (χ1) is 33.5. The van der Waals surface area contributed by atoms with E-state index in [1.165, 1.54) is 0 Å². The van der Waals surface area contributed by atoms with Crippen molar-refractivity contribution >= 4 is 63.0 Å². The maximum atomic E-state index is 13.8. The third-order valence-corrected chi connectivity index (χ3v) is 16.4. The number of likely N-dealkylation sites (tertiary alicyclic amines) is 1. The molecule has 2 aromatic carbocycles. The number of carbonyl (C=O) groups excluding carboxylic acids is 6. The summed E-state index contributed by atoms with van der Waals surface area (Å²) in [6.07, 6.45) is 6.01. The Bertz CT molecular complexity index is 2460. The summed E-state index contributed by atoms with van der Waals surface area (Å²) in [4.78, 5) is 88.6. The third kappa shape index (κ3) is 9.72. The van der Waals surface area contributed by atoms with E-state index in [1.807, 2.05) is 30.3 Å². The number of carbonyl (C=O) groups is 7. The summed E-state index contributed by atoms with van der Waals surface area (Å²) in [5.41, 5.74) is 1.92. The molecule has 3 saturated heterocycles. The van der Waals surface area contributed by atoms with Gasteiger partial charge in [-0.1, -0.05) is 70.9 Å². The summed E-state index contributed by atoms with van der Waals surface area (Å²) in [7, 11) is 0. The third-order valence-electron chi connectivity index (χ3n) is 15.9. The summed E-state index contributed by atoms with van der Waals surface area (Å²) in [5, 5.41) is 38.7. The molecular formula is C51H59BrN4O14. The lowest BCUT2D eigenvalue weighted by atomic mass is 9.49. The zero-order valence-electron chi connectivity index (χ0n) is 38.8. The summed E-state index contributed by atoms with van der Waals surface area (Å²) in [6.45, 7) is 2.54. The zero-order chi connectivity index (χ0) is 49.5. The number of aliphatic carboxylic acids is 1. The van der Waals surface area contributed by atoms with Crippen LogP contribution in [0, 0.1) is 34.5 Å². The van der Waals surface area contributed by atoms with Crippen LogP contribution in [-0.4, -0.2) is 130 Å². The lowest BCUT2D eigenvalue weighted by molar-refractivity contribution is -0.174. The van der Waals surface area contributed by atoms with Crippen molar-refractivity contribution in [2.75, 3.05) is 43.5 Å². The highest BCUT2D eigenvalue weighted by molar-refractivity contribution is 9.09. The van der Waals surface area contributed by atoms with Gasteiger partial charge in [0.25, 0.3) is 0 Å². The van der Waals surface area contributed by atoms with Crippen LogP contribution in [-0.2, 0) is 60.7 Å². The molecule has 2 unspecified atom stereocenters. The van der Waals surface area contributed by atoms with Gasteiger partial charge < -0.3 is 55.1 Å². The smallest absolute Gasteiger partial charge is 0.410 e. The molecule has 0 radical (unpaired) electrons. The molecule has 1 spiro atoms. The molecule has 7 aliphatic rings. The number of rotatable bonds is 16. The molecule has 6 fully saturated rings. The topological polar surface area (TPSA) is 256 Å². The Kier molecular flexibility index (Phi) is 14.2. The Morgan fingerprint density at radius 2 is 1.73 bits per heavy atom. The highest BCUT2D eigenvalue weighted by atomic mass is 79.9. The number of carboxylic acid groups (broad SMARTS) is 1. The van der Waals surface area contributed by atoms with Gasteiger partial charge in [-0.05, 0) is 92.2 Å². The first kappa shape index (κ1) is 49.7. The Hall–Kier alpha value is -5.31. The van der Waals surface area contributed by atoms with E-state index < -0.39 is 77.7 Å². The summed E-state index contributed by atoms with van der Waals surface area (Å²) in [6, 6.07) is 13.3. The number of carboxylic acids is 1. The highest BCUT2D eigenvalue weighted by Crippen LogP contribution is 2.65. The number of hydrogen-bond donors (Lipinski definition) is 6. The summed E-state index contributed by atoms with van der Waals surface area (Å²) < 4.78 is 25.1. The number of nitrogens with zero attached hydrogens (tertiary/aromatic N) is 1. The maximum absolute atomic E-state index is 13.8. The minimum atomic E-state index is -1.37. The number of anilines is 1. The van der Waals surface area contributed by atoms with Gasteiger partial charge in [0.2, 0.25) is 17.7 Å². The van der Waals surface area contributed by atoms with Crippen LogP contribution in [0.4, 0.5) is 10.5 Å². The van der Waals surface area contributed by atoms with Gasteiger partial charge >= 0.3 is 12.1 Å². The predicted octanol–water partition coefficient (Wildman–Crippen LogP) is 3.67. The van der Waals surface area contributed by atoms with Crippen LogP contribution in [0.2, 0.25) is 0 Å². The van der Waals surface area contributed by atoms with Crippen molar-refractivity contribution in [1.29, 1.82) is 0 Å². The van der Waals surface area contributed by atoms with Gasteiger partial charge in [0.1, 0.15) is 19.3 Å². The molecule has 0 bridgehead atoms. The van der Waals surface area contributed by atoms with E-state index in [2.05, 4.69) is 38.8 Å². The first-order valence-corrected chi connectivity index (χ1v) is 25.1. The lowest BCUT2D eigenvalue weighted by Crippen LogP contribution is -2.59. The van der Waals surface area contributed by atoms with E-state index in [1.54, 1.807) is 41.3 Å². The molecule has 4 aliphatic carbocycles. The van der Waals surface area contributed by atoms with E-state index in [0.29, 0.717) is 50.2 Å². The molecule has 374 valence electrons. The average Bonchev–Trinajstić information content (AvgIpc) is 4.03. The van der Waals surface area contributed by atoms with Crippen LogP contribution in [0.3, 0.4) is 0 Å². The number of fused-ring (bicyclic) bond motifs is 7. The summed E-state index contributed by atoms with van der Waals surface area (Å²) >= 11 is 2.98. The number of benzene rings is 2. The van der Waals surface area contributed by atoms with Crippen molar-refractivity contribution in [3.8, 4) is 0 Å². The molecule has 6 N–H and O–H groups in total. The van der Waals surface area contributed by atoms with E-state index in [9.17, 15) is 43.8 Å². The van der Waals surface area contributed by atoms with Crippen molar-refractivity contribution in [2.45, 2.75) is 101 Å². The quantitative estimate of drug-likeness (QED) is 0.131. The molecule has 70 heavy (non-hydrogen) atoms. The number of ether oxygens (including phenoxy) is 4. The van der Waals surface area contributed by atoms with Crippen LogP contribution < -0.4 is 16.0 Å². The second-order valence-corrected chi connectivity index (χ2v) is 20.9. The fraction of sp³-hybridized carbons (Fsp3) is 0.549. The molecule has 18 nitrogen and oxygen atoms in total. The van der Waals surface area contributed by atoms with Crippen LogP contribution in [0.1, 0.15) is 74.8 Å². The van der Waals surface area contributed by atoms with Crippen LogP contribution in [0.5, 0.6) is 0 Å². The van der Waals surface area contributed by atoms with E-state index in [0.717, 1.165) is 36.0 Å². The minimum Gasteiger partial charge on any atom is -0.481 e. The van der Waals surface area contributed by atoms with Crippen molar-refractivity contribution in [2.24, 2.45) is 34.5 Å². The second-order valence-electron chi connectivity index (χ2n) is 20.3. The van der Waals surface area contributed by atoms with Gasteiger partial charge in [0.05, 0.1) is 36.8 Å². The molecular weight excluding hydrogens is 972 g/mol. The van der Waals surface area contributed by atoms with Crippen LogP contribution >= 0.6 is 15.9 Å². The maximum Gasteiger partial charge on any atom is 0.410 e. The normalized spacial score (nSPS) is 31.5. The van der Waals surface area contributed by atoms with Crippen LogP contribution in [0.15, 0.2) is 72.3 Å². The van der Waals surface area contributed by atoms with Crippen molar-refractivity contribution in [1.82, 2.24) is 15.5 Å². The van der Waals surface area contributed by atoms with Gasteiger partial charge in [0.15, 0.2) is 23.5 Å². The van der Waals surface area contributed by atoms with Gasteiger partial charge in [-0.25, -0.2) is 4.79 Å². The number of nitrogens with one attached hydrogen (secondary N) is 3. The number of Topliss-reactive ketones (excluding diaryl/α,β-unsaturated/α-hetero) is 1. The second kappa shape index (κ2) is 20.1. The lowest BCUT2D eigenvalue weighted by Gasteiger charge is -2.56. The Morgan fingerprint density at radius 3 is 2.44 bits per heavy atom. The van der Waals surface area contributed by atoms with E-state index >= 15 is 0 Å². The number of aliphatic hydroxyl groups excluding tert-OH is 2. The molecule has 0 aromatic heterocycles. The zero-order valence-corrected chi connectivity index (χ0v) is 40.4. The number of allylic oxidation sites excluding steroid dienone is 4. The summed E-state index contributed by atoms with van der Waals surface area (Å²) in [5.74, 6) is -3.56. The Balaban J connectivity index is 0.730. The highest BCUT2D eigenvalue weighted by Gasteiger charge is 2.70. The molecule has 19 heteroatoms. The SMILES string of the molecule is C[C@]12C=CC(=O)C=C1CC[C@@H]1[C@@H]2[C@@H](O)CC2[C@H]1C[C@H]1O[C@@H](c3ccc(CC4CC5(CO4)CN(C(=O)OCc4ccc(NC(=O)[C@H](CCC(=O)O)NC(=O)CNC(=O)CBr)cc4)C5)cc3)O[C@@]21C(=O)CO. The molecule has 3 heterocycles. The molecule has 11 atom stereocenters.